The van der Waals surface area contributed by atoms with Crippen LogP contribution in [0, 0.1) is 28.6 Å². The van der Waals surface area contributed by atoms with Gasteiger partial charge in [0.2, 0.25) is 0 Å². The minimum atomic E-state index is -0.398. The van der Waals surface area contributed by atoms with Crippen molar-refractivity contribution in [2.24, 2.45) is 28.6 Å². The first-order valence-corrected chi connectivity index (χ1v) is 10.5. The Labute approximate surface area is 161 Å². The van der Waals surface area contributed by atoms with Crippen LogP contribution >= 0.6 is 0 Å². The van der Waals surface area contributed by atoms with Gasteiger partial charge in [-0.15, -0.1) is 0 Å². The lowest BCUT2D eigenvalue weighted by Gasteiger charge is -2.58. The summed E-state index contributed by atoms with van der Waals surface area (Å²) in [6, 6.07) is 1.87. The first-order chi connectivity index (χ1) is 13.0. The summed E-state index contributed by atoms with van der Waals surface area (Å²) in [6.07, 6.45) is 16.7. The lowest BCUT2D eigenvalue weighted by atomic mass is 9.46. The molecule has 7 atom stereocenters. The van der Waals surface area contributed by atoms with E-state index >= 15 is 0 Å². The second kappa shape index (κ2) is 6.25. The average molecular weight is 367 g/mol. The van der Waals surface area contributed by atoms with Gasteiger partial charge in [0.15, 0.2) is 0 Å². The molecule has 0 aromatic carbocycles. The Bertz CT molecular complexity index is 776. The molecule has 2 N–H and O–H groups in total. The second-order valence-corrected chi connectivity index (χ2v) is 9.54. The Kier molecular flexibility index (Phi) is 4.07. The van der Waals surface area contributed by atoms with E-state index in [1.807, 2.05) is 18.5 Å². The van der Waals surface area contributed by atoms with Crippen LogP contribution in [0.1, 0.15) is 51.3 Å². The molecule has 0 radical (unpaired) electrons. The normalized spacial score (nSPS) is 45.6. The number of fused-ring (bicyclic) bond motifs is 5. The van der Waals surface area contributed by atoms with Crippen molar-refractivity contribution in [3.8, 4) is 0 Å². The summed E-state index contributed by atoms with van der Waals surface area (Å²) < 4.78 is 0. The Morgan fingerprint density at radius 3 is 2.74 bits per heavy atom. The highest BCUT2D eigenvalue weighted by Gasteiger charge is 2.58. The maximum atomic E-state index is 11.2. The monoisotopic (exact) mass is 366 g/mol. The Morgan fingerprint density at radius 1 is 1.11 bits per heavy atom. The summed E-state index contributed by atoms with van der Waals surface area (Å²) in [5.41, 5.74) is 1.53. The highest BCUT2D eigenvalue weighted by molar-refractivity contribution is 5.30. The van der Waals surface area contributed by atoms with Crippen LogP contribution in [-0.2, 0) is 6.42 Å². The van der Waals surface area contributed by atoms with Crippen molar-refractivity contribution in [2.75, 3.05) is 0 Å². The largest absolute Gasteiger partial charge is 0.393 e. The van der Waals surface area contributed by atoms with Crippen LogP contribution in [0.5, 0.6) is 0 Å². The molecule has 4 nitrogen and oxygen atoms in total. The molecule has 1 aromatic rings. The Balaban J connectivity index is 1.49. The zero-order valence-corrected chi connectivity index (χ0v) is 16.1. The summed E-state index contributed by atoms with van der Waals surface area (Å²) in [7, 11) is 0. The van der Waals surface area contributed by atoms with Gasteiger partial charge < -0.3 is 10.2 Å². The molecule has 2 saturated carbocycles. The van der Waals surface area contributed by atoms with E-state index in [9.17, 15) is 10.2 Å². The molecule has 0 saturated heterocycles. The van der Waals surface area contributed by atoms with Crippen molar-refractivity contribution in [3.63, 3.8) is 0 Å². The molecule has 5 rings (SSSR count). The number of aliphatic hydroxyl groups excluding tert-OH is 2. The van der Waals surface area contributed by atoms with Gasteiger partial charge in [0.25, 0.3) is 0 Å². The molecule has 0 spiro atoms. The minimum Gasteiger partial charge on any atom is -0.393 e. The van der Waals surface area contributed by atoms with Gasteiger partial charge >= 0.3 is 0 Å². The zero-order chi connectivity index (χ0) is 18.6. The number of aliphatic hydroxyl groups is 2. The van der Waals surface area contributed by atoms with E-state index in [0.29, 0.717) is 17.8 Å². The molecular formula is C23H30N2O2. The molecule has 2 unspecified atom stereocenters. The van der Waals surface area contributed by atoms with E-state index in [-0.39, 0.29) is 16.9 Å². The van der Waals surface area contributed by atoms with Gasteiger partial charge in [0.1, 0.15) is 5.82 Å². The number of hydrogen-bond acceptors (Lipinski definition) is 4. The highest BCUT2D eigenvalue weighted by atomic mass is 16.3. The summed E-state index contributed by atoms with van der Waals surface area (Å²) in [5.74, 6) is 2.17. The van der Waals surface area contributed by atoms with Crippen molar-refractivity contribution in [2.45, 2.75) is 64.1 Å². The van der Waals surface area contributed by atoms with E-state index in [0.717, 1.165) is 50.8 Å². The summed E-state index contributed by atoms with van der Waals surface area (Å²) >= 11 is 0. The van der Waals surface area contributed by atoms with E-state index in [4.69, 9.17) is 0 Å². The average Bonchev–Trinajstić information content (AvgIpc) is 3.07. The highest BCUT2D eigenvalue weighted by Crippen LogP contribution is 2.64. The summed E-state index contributed by atoms with van der Waals surface area (Å²) in [6.45, 7) is 2.39. The van der Waals surface area contributed by atoms with Gasteiger partial charge in [0.05, 0.1) is 12.2 Å². The van der Waals surface area contributed by atoms with E-state index in [2.05, 4.69) is 35.1 Å². The maximum absolute atomic E-state index is 11.2. The number of aromatic nitrogens is 2. The molecule has 144 valence electrons. The van der Waals surface area contributed by atoms with Crippen LogP contribution in [0.15, 0.2) is 42.3 Å². The maximum Gasteiger partial charge on any atom is 0.129 e. The molecule has 0 amide bonds. The summed E-state index contributed by atoms with van der Waals surface area (Å²) in [4.78, 5) is 8.98. The van der Waals surface area contributed by atoms with Gasteiger partial charge in [-0.1, -0.05) is 30.7 Å². The van der Waals surface area contributed by atoms with Gasteiger partial charge in [0, 0.05) is 18.8 Å². The minimum absolute atomic E-state index is 0.0827. The molecule has 2 fully saturated rings. The van der Waals surface area contributed by atoms with Crippen LogP contribution in [0.3, 0.4) is 0 Å². The predicted octanol–water partition coefficient (Wildman–Crippen LogP) is 3.46. The first-order valence-electron chi connectivity index (χ1n) is 10.5. The Morgan fingerprint density at radius 2 is 1.93 bits per heavy atom. The molecule has 0 aliphatic heterocycles. The molecule has 1 aromatic heterocycles. The van der Waals surface area contributed by atoms with Crippen LogP contribution in [0.4, 0.5) is 0 Å². The SMILES string of the molecule is C[C@]12CCC(O)CC1=CC(O)[C@H]1[C@@H]3CC=C[C@@]3(Cc3ncccn3)CC[C@@H]12. The van der Waals surface area contributed by atoms with Gasteiger partial charge in [-0.3, -0.25) is 0 Å². The van der Waals surface area contributed by atoms with Crippen molar-refractivity contribution in [1.82, 2.24) is 9.97 Å². The lowest BCUT2D eigenvalue weighted by Crippen LogP contribution is -2.54. The topological polar surface area (TPSA) is 66.2 Å². The third-order valence-electron chi connectivity index (χ3n) is 8.31. The molecule has 4 aliphatic carbocycles. The van der Waals surface area contributed by atoms with Crippen LogP contribution in [0.25, 0.3) is 0 Å². The van der Waals surface area contributed by atoms with E-state index in [1.165, 1.54) is 5.57 Å². The molecule has 4 aliphatic rings. The van der Waals surface area contributed by atoms with Gasteiger partial charge in [-0.05, 0) is 73.2 Å². The van der Waals surface area contributed by atoms with Gasteiger partial charge in [-0.25, -0.2) is 9.97 Å². The molecule has 0 bridgehead atoms. The van der Waals surface area contributed by atoms with Crippen molar-refractivity contribution in [1.29, 1.82) is 0 Å². The quantitative estimate of drug-likeness (QED) is 0.787. The fourth-order valence-electron chi connectivity index (χ4n) is 6.94. The lowest BCUT2D eigenvalue weighted by molar-refractivity contribution is -0.0798. The van der Waals surface area contributed by atoms with Crippen molar-refractivity contribution in [3.05, 3.63) is 48.1 Å². The summed E-state index contributed by atoms with van der Waals surface area (Å²) in [5, 5.41) is 21.3. The predicted molar refractivity (Wildman–Crippen MR) is 104 cm³/mol. The molecule has 1 heterocycles. The number of hydrogen-bond donors (Lipinski definition) is 2. The molecular weight excluding hydrogens is 336 g/mol. The van der Waals surface area contributed by atoms with Crippen LogP contribution < -0.4 is 0 Å². The first kappa shape index (κ1) is 17.6. The standard InChI is InChI=1S/C23H30N2O2/c1-22-8-5-16(26)12-15(22)13-19(27)21-17(22)6-9-23(7-2-4-18(21)23)14-20-24-10-3-11-25-20/h2-3,7,10-11,13,16-19,21,26-27H,4-6,8-9,12,14H2,1H3/t16?,17-,18-,19?,21+,22-,23-/m0/s1. The smallest absolute Gasteiger partial charge is 0.129 e. The fourth-order valence-corrected chi connectivity index (χ4v) is 6.94. The second-order valence-electron chi connectivity index (χ2n) is 9.54. The molecule has 4 heteroatoms. The van der Waals surface area contributed by atoms with Crippen LogP contribution in [0.2, 0.25) is 0 Å². The zero-order valence-electron chi connectivity index (χ0n) is 16.1. The number of allylic oxidation sites excluding steroid dienone is 2. The van der Waals surface area contributed by atoms with Gasteiger partial charge in [-0.2, -0.15) is 0 Å². The Hall–Kier alpha value is -1.52. The fraction of sp³-hybridized carbons (Fsp3) is 0.652. The van der Waals surface area contributed by atoms with Crippen molar-refractivity contribution >= 4 is 0 Å². The third-order valence-corrected chi connectivity index (χ3v) is 8.31. The van der Waals surface area contributed by atoms with Crippen LogP contribution in [-0.4, -0.2) is 32.4 Å². The van der Waals surface area contributed by atoms with E-state index in [1.54, 1.807) is 0 Å². The molecule has 27 heavy (non-hydrogen) atoms. The van der Waals surface area contributed by atoms with Crippen molar-refractivity contribution < 1.29 is 10.2 Å². The number of nitrogens with zero attached hydrogens (tertiary/aromatic N) is 2. The third kappa shape index (κ3) is 2.64. The van der Waals surface area contributed by atoms with E-state index < -0.39 is 6.10 Å². The number of rotatable bonds is 2.